The van der Waals surface area contributed by atoms with E-state index in [2.05, 4.69) is 12.2 Å². The summed E-state index contributed by atoms with van der Waals surface area (Å²) in [6, 6.07) is 0.0860. The summed E-state index contributed by atoms with van der Waals surface area (Å²) in [5.74, 6) is 0.438. The zero-order valence-electron chi connectivity index (χ0n) is 9.74. The molecule has 4 heteroatoms. The first-order chi connectivity index (χ1) is 7.48. The average Bonchev–Trinajstić information content (AvgIpc) is 2.99. The van der Waals surface area contributed by atoms with Gasteiger partial charge in [0, 0.05) is 6.04 Å². The Balaban J connectivity index is 1.98. The number of hydrogen-bond donors (Lipinski definition) is 1. The molecule has 2 aliphatic rings. The Hall–Kier alpha value is -0.250. The minimum atomic E-state index is -4.07. The fourth-order valence-electron chi connectivity index (χ4n) is 2.88. The van der Waals surface area contributed by atoms with Crippen LogP contribution in [0.4, 0.5) is 13.2 Å². The van der Waals surface area contributed by atoms with E-state index in [1.165, 1.54) is 6.42 Å². The maximum atomic E-state index is 12.8. The van der Waals surface area contributed by atoms with Gasteiger partial charge in [-0.2, -0.15) is 13.2 Å². The highest BCUT2D eigenvalue weighted by Gasteiger charge is 2.64. The number of rotatable bonds is 3. The molecule has 2 unspecified atom stereocenters. The van der Waals surface area contributed by atoms with Gasteiger partial charge >= 0.3 is 6.18 Å². The van der Waals surface area contributed by atoms with E-state index < -0.39 is 11.7 Å². The summed E-state index contributed by atoms with van der Waals surface area (Å²) in [6.45, 7) is 2.08. The monoisotopic (exact) mass is 235 g/mol. The largest absolute Gasteiger partial charge is 0.406 e. The highest BCUT2D eigenvalue weighted by atomic mass is 19.4. The molecule has 0 radical (unpaired) electrons. The predicted molar refractivity (Wildman–Crippen MR) is 57.2 cm³/mol. The van der Waals surface area contributed by atoms with Crippen LogP contribution in [-0.2, 0) is 0 Å². The molecule has 2 atom stereocenters. The van der Waals surface area contributed by atoms with Crippen molar-refractivity contribution in [1.29, 1.82) is 0 Å². The van der Waals surface area contributed by atoms with Crippen molar-refractivity contribution in [2.75, 3.05) is 0 Å². The number of alkyl halides is 3. The summed E-state index contributed by atoms with van der Waals surface area (Å²) in [7, 11) is 0. The minimum absolute atomic E-state index is 0.0860. The summed E-state index contributed by atoms with van der Waals surface area (Å²) in [4.78, 5) is 0. The van der Waals surface area contributed by atoms with Gasteiger partial charge in [-0.15, -0.1) is 0 Å². The molecule has 0 amide bonds. The first kappa shape index (κ1) is 12.2. The first-order valence-corrected chi connectivity index (χ1v) is 6.33. The molecule has 16 heavy (non-hydrogen) atoms. The molecule has 2 saturated carbocycles. The summed E-state index contributed by atoms with van der Waals surface area (Å²) in [6.07, 6.45) is 1.71. The highest BCUT2D eigenvalue weighted by Crippen LogP contribution is 2.50. The number of halogens is 3. The van der Waals surface area contributed by atoms with Gasteiger partial charge in [0.1, 0.15) is 5.54 Å². The fraction of sp³-hybridized carbons (Fsp3) is 1.00. The molecule has 0 heterocycles. The Morgan fingerprint density at radius 2 is 1.81 bits per heavy atom. The summed E-state index contributed by atoms with van der Waals surface area (Å²) < 4.78 is 38.5. The second-order valence-electron chi connectivity index (χ2n) is 5.28. The summed E-state index contributed by atoms with van der Waals surface area (Å²) in [5.41, 5.74) is -1.53. The molecule has 94 valence electrons. The van der Waals surface area contributed by atoms with Crippen molar-refractivity contribution >= 4 is 0 Å². The van der Waals surface area contributed by atoms with Crippen LogP contribution in [0.15, 0.2) is 0 Å². The smallest absolute Gasteiger partial charge is 0.301 e. The van der Waals surface area contributed by atoms with Crippen molar-refractivity contribution in [3.63, 3.8) is 0 Å². The number of hydrogen-bond acceptors (Lipinski definition) is 1. The minimum Gasteiger partial charge on any atom is -0.301 e. The van der Waals surface area contributed by atoms with Gasteiger partial charge in [0.15, 0.2) is 0 Å². The van der Waals surface area contributed by atoms with Gasteiger partial charge in [-0.05, 0) is 31.6 Å². The Bertz CT molecular complexity index is 245. The van der Waals surface area contributed by atoms with Gasteiger partial charge in [0.05, 0.1) is 0 Å². The highest BCUT2D eigenvalue weighted by molar-refractivity contribution is 5.09. The van der Waals surface area contributed by atoms with Crippen LogP contribution in [0.1, 0.15) is 51.9 Å². The van der Waals surface area contributed by atoms with E-state index in [4.69, 9.17) is 0 Å². The van der Waals surface area contributed by atoms with Crippen LogP contribution in [0.5, 0.6) is 0 Å². The molecular formula is C12H20F3N. The molecule has 0 aliphatic heterocycles. The quantitative estimate of drug-likeness (QED) is 0.787. The molecule has 1 N–H and O–H groups in total. The molecule has 0 saturated heterocycles. The molecule has 1 nitrogen and oxygen atoms in total. The molecule has 0 aromatic rings. The topological polar surface area (TPSA) is 12.0 Å². The lowest BCUT2D eigenvalue weighted by Crippen LogP contribution is -2.52. The summed E-state index contributed by atoms with van der Waals surface area (Å²) >= 11 is 0. The third kappa shape index (κ3) is 2.22. The Kier molecular flexibility index (Phi) is 3.21. The van der Waals surface area contributed by atoms with Crippen LogP contribution in [0.2, 0.25) is 0 Å². The number of nitrogens with one attached hydrogen (secondary N) is 1. The lowest BCUT2D eigenvalue weighted by molar-refractivity contribution is -0.169. The third-order valence-electron chi connectivity index (χ3n) is 4.19. The van der Waals surface area contributed by atoms with Crippen LogP contribution < -0.4 is 5.32 Å². The van der Waals surface area contributed by atoms with Crippen molar-refractivity contribution in [3.8, 4) is 0 Å². The van der Waals surface area contributed by atoms with Gasteiger partial charge in [0.25, 0.3) is 0 Å². The maximum Gasteiger partial charge on any atom is 0.406 e. The Labute approximate surface area is 94.8 Å². The summed E-state index contributed by atoms with van der Waals surface area (Å²) in [5, 5.41) is 2.92. The molecule has 2 fully saturated rings. The lowest BCUT2D eigenvalue weighted by atomic mass is 9.82. The van der Waals surface area contributed by atoms with Crippen molar-refractivity contribution < 1.29 is 13.2 Å². The van der Waals surface area contributed by atoms with Crippen molar-refractivity contribution in [2.24, 2.45) is 5.92 Å². The second-order valence-corrected chi connectivity index (χ2v) is 5.28. The van der Waals surface area contributed by atoms with E-state index in [-0.39, 0.29) is 18.9 Å². The van der Waals surface area contributed by atoms with Crippen LogP contribution in [0, 0.1) is 5.92 Å². The predicted octanol–water partition coefficient (Wildman–Crippen LogP) is 3.64. The third-order valence-corrected chi connectivity index (χ3v) is 4.19. The SMILES string of the molecule is CCC1CCCCC1NC1(C(F)(F)F)CC1. The van der Waals surface area contributed by atoms with E-state index in [1.54, 1.807) is 0 Å². The lowest BCUT2D eigenvalue weighted by Gasteiger charge is -2.35. The molecule has 2 rings (SSSR count). The van der Waals surface area contributed by atoms with Gasteiger partial charge < -0.3 is 5.32 Å². The maximum absolute atomic E-state index is 12.8. The zero-order valence-corrected chi connectivity index (χ0v) is 9.74. The van der Waals surface area contributed by atoms with Crippen molar-refractivity contribution in [1.82, 2.24) is 5.32 Å². The second kappa shape index (κ2) is 4.21. The van der Waals surface area contributed by atoms with Crippen LogP contribution in [0.3, 0.4) is 0 Å². The van der Waals surface area contributed by atoms with Gasteiger partial charge in [-0.3, -0.25) is 0 Å². The average molecular weight is 235 g/mol. The van der Waals surface area contributed by atoms with E-state index in [0.717, 1.165) is 25.7 Å². The van der Waals surface area contributed by atoms with E-state index in [0.29, 0.717) is 5.92 Å². The van der Waals surface area contributed by atoms with E-state index in [9.17, 15) is 13.2 Å². The Morgan fingerprint density at radius 1 is 1.19 bits per heavy atom. The van der Waals surface area contributed by atoms with Crippen LogP contribution in [-0.4, -0.2) is 17.8 Å². The normalized spacial score (nSPS) is 33.8. The zero-order chi connectivity index (χ0) is 11.8. The van der Waals surface area contributed by atoms with Crippen molar-refractivity contribution in [3.05, 3.63) is 0 Å². The molecule has 0 aromatic carbocycles. The molecule has 2 aliphatic carbocycles. The van der Waals surface area contributed by atoms with Crippen molar-refractivity contribution in [2.45, 2.75) is 69.6 Å². The standard InChI is InChI=1S/C12H20F3N/c1-2-9-5-3-4-6-10(9)16-11(7-8-11)12(13,14)15/h9-10,16H,2-8H2,1H3. The first-order valence-electron chi connectivity index (χ1n) is 6.33. The van der Waals surface area contributed by atoms with E-state index in [1.807, 2.05) is 0 Å². The van der Waals surface area contributed by atoms with Gasteiger partial charge in [-0.25, -0.2) is 0 Å². The molecule has 0 bridgehead atoms. The van der Waals surface area contributed by atoms with Crippen LogP contribution >= 0.6 is 0 Å². The van der Waals surface area contributed by atoms with Crippen LogP contribution in [0.25, 0.3) is 0 Å². The Morgan fingerprint density at radius 3 is 2.31 bits per heavy atom. The molecule has 0 aromatic heterocycles. The molecule has 0 spiro atoms. The van der Waals surface area contributed by atoms with Gasteiger partial charge in [-0.1, -0.05) is 26.2 Å². The van der Waals surface area contributed by atoms with Gasteiger partial charge in [0.2, 0.25) is 0 Å². The molecular weight excluding hydrogens is 215 g/mol. The fourth-order valence-corrected chi connectivity index (χ4v) is 2.88. The van der Waals surface area contributed by atoms with E-state index >= 15 is 0 Å².